The molecule has 0 aliphatic carbocycles. The lowest BCUT2D eigenvalue weighted by Gasteiger charge is -2.35. The zero-order valence-electron chi connectivity index (χ0n) is 16.6. The minimum atomic E-state index is -0.0735. The second-order valence-electron chi connectivity index (χ2n) is 7.76. The summed E-state index contributed by atoms with van der Waals surface area (Å²) in [6, 6.07) is 5.71. The molecule has 2 aromatic rings. The first-order valence-corrected chi connectivity index (χ1v) is 9.47. The van der Waals surface area contributed by atoms with Crippen molar-refractivity contribution in [2.75, 3.05) is 26.2 Å². The molecule has 0 N–H and O–H groups in total. The van der Waals surface area contributed by atoms with Crippen LogP contribution in [-0.2, 0) is 30.1 Å². The van der Waals surface area contributed by atoms with E-state index in [0.29, 0.717) is 44.9 Å². The molecule has 27 heavy (non-hydrogen) atoms. The smallest absolute Gasteiger partial charge is 0.328 e. The number of carbonyl (C=O) groups is 2. The minimum absolute atomic E-state index is 0.0613. The van der Waals surface area contributed by atoms with Gasteiger partial charge in [-0.3, -0.25) is 18.7 Å². The summed E-state index contributed by atoms with van der Waals surface area (Å²) in [5.41, 5.74) is 2.51. The highest BCUT2D eigenvalue weighted by atomic mass is 16.2. The Morgan fingerprint density at radius 2 is 1.48 bits per heavy atom. The third kappa shape index (κ3) is 3.91. The molecule has 7 heteroatoms. The summed E-state index contributed by atoms with van der Waals surface area (Å²) in [4.78, 5) is 40.5. The standard InChI is InChI=1S/C20H28N4O3/c1-14(2)11-18(25)23-7-9-24(10-8-23)19(26)13-15-5-6-16-17(12-15)22(4)20(27)21(16)3/h5-6,12,14H,7-11,13H2,1-4H3. The van der Waals surface area contributed by atoms with E-state index in [9.17, 15) is 14.4 Å². The highest BCUT2D eigenvalue weighted by Gasteiger charge is 2.24. The maximum atomic E-state index is 12.7. The number of carbonyl (C=O) groups excluding carboxylic acids is 2. The van der Waals surface area contributed by atoms with Crippen molar-refractivity contribution in [2.24, 2.45) is 20.0 Å². The van der Waals surface area contributed by atoms with E-state index in [-0.39, 0.29) is 17.5 Å². The van der Waals surface area contributed by atoms with Crippen molar-refractivity contribution in [1.29, 1.82) is 0 Å². The molecular formula is C20H28N4O3. The van der Waals surface area contributed by atoms with Gasteiger partial charge in [0.1, 0.15) is 0 Å². The predicted octanol–water partition coefficient (Wildman–Crippen LogP) is 1.14. The van der Waals surface area contributed by atoms with Crippen LogP contribution in [-0.4, -0.2) is 56.9 Å². The predicted molar refractivity (Wildman–Crippen MR) is 104 cm³/mol. The third-order valence-corrected chi connectivity index (χ3v) is 5.26. The Morgan fingerprint density at radius 1 is 0.926 bits per heavy atom. The van der Waals surface area contributed by atoms with Crippen LogP contribution in [0, 0.1) is 5.92 Å². The molecule has 2 heterocycles. The molecule has 1 aromatic heterocycles. The van der Waals surface area contributed by atoms with Gasteiger partial charge in [-0.2, -0.15) is 0 Å². The Bertz CT molecular complexity index is 917. The topological polar surface area (TPSA) is 67.6 Å². The second-order valence-corrected chi connectivity index (χ2v) is 7.76. The number of imidazole rings is 1. The van der Waals surface area contributed by atoms with Crippen LogP contribution in [0.2, 0.25) is 0 Å². The van der Waals surface area contributed by atoms with Gasteiger partial charge in [0.25, 0.3) is 0 Å². The van der Waals surface area contributed by atoms with Crippen molar-refractivity contribution in [3.63, 3.8) is 0 Å². The number of benzene rings is 1. The van der Waals surface area contributed by atoms with Crippen LogP contribution in [0.1, 0.15) is 25.8 Å². The first kappa shape index (κ1) is 19.2. The average Bonchev–Trinajstić information content (AvgIpc) is 2.85. The molecule has 3 rings (SSSR count). The van der Waals surface area contributed by atoms with Crippen LogP contribution < -0.4 is 5.69 Å². The van der Waals surface area contributed by atoms with E-state index >= 15 is 0 Å². The Kier molecular flexibility index (Phi) is 5.39. The van der Waals surface area contributed by atoms with Gasteiger partial charge in [-0.15, -0.1) is 0 Å². The molecule has 0 atom stereocenters. The molecule has 2 amide bonds. The van der Waals surface area contributed by atoms with Gasteiger partial charge in [0.2, 0.25) is 11.8 Å². The van der Waals surface area contributed by atoms with Gasteiger partial charge >= 0.3 is 5.69 Å². The van der Waals surface area contributed by atoms with Crippen LogP contribution in [0.15, 0.2) is 23.0 Å². The maximum Gasteiger partial charge on any atom is 0.328 e. The summed E-state index contributed by atoms with van der Waals surface area (Å²) >= 11 is 0. The molecule has 1 aromatic carbocycles. The molecule has 7 nitrogen and oxygen atoms in total. The van der Waals surface area contributed by atoms with E-state index in [1.54, 1.807) is 23.2 Å². The lowest BCUT2D eigenvalue weighted by molar-refractivity contribution is -0.139. The molecule has 1 aliphatic rings. The van der Waals surface area contributed by atoms with Crippen molar-refractivity contribution in [3.05, 3.63) is 34.2 Å². The summed E-state index contributed by atoms with van der Waals surface area (Å²) < 4.78 is 3.21. The first-order valence-electron chi connectivity index (χ1n) is 9.47. The van der Waals surface area contributed by atoms with E-state index in [2.05, 4.69) is 0 Å². The van der Waals surface area contributed by atoms with E-state index in [1.165, 1.54) is 0 Å². The molecule has 1 fully saturated rings. The summed E-state index contributed by atoms with van der Waals surface area (Å²) in [6.45, 7) is 6.44. The number of hydrogen-bond donors (Lipinski definition) is 0. The van der Waals surface area contributed by atoms with Gasteiger partial charge in [-0.1, -0.05) is 19.9 Å². The molecule has 0 radical (unpaired) electrons. The average molecular weight is 372 g/mol. The minimum Gasteiger partial charge on any atom is -0.339 e. The van der Waals surface area contributed by atoms with Crippen molar-refractivity contribution in [3.8, 4) is 0 Å². The molecule has 0 saturated carbocycles. The normalized spacial score (nSPS) is 15.0. The quantitative estimate of drug-likeness (QED) is 0.808. The highest BCUT2D eigenvalue weighted by Crippen LogP contribution is 2.16. The largest absolute Gasteiger partial charge is 0.339 e. The summed E-state index contributed by atoms with van der Waals surface area (Å²) in [5, 5.41) is 0. The van der Waals surface area contributed by atoms with Gasteiger partial charge in [-0.05, 0) is 23.6 Å². The van der Waals surface area contributed by atoms with Crippen molar-refractivity contribution >= 4 is 22.8 Å². The lowest BCUT2D eigenvalue weighted by Crippen LogP contribution is -2.51. The number of rotatable bonds is 4. The number of aromatic nitrogens is 2. The zero-order valence-corrected chi connectivity index (χ0v) is 16.6. The van der Waals surface area contributed by atoms with Gasteiger partial charge in [0.15, 0.2) is 0 Å². The van der Waals surface area contributed by atoms with Crippen molar-refractivity contribution in [2.45, 2.75) is 26.7 Å². The van der Waals surface area contributed by atoms with E-state index < -0.39 is 0 Å². The van der Waals surface area contributed by atoms with Gasteiger partial charge in [0, 0.05) is 46.7 Å². The summed E-state index contributed by atoms with van der Waals surface area (Å²) in [7, 11) is 3.49. The SMILES string of the molecule is CC(C)CC(=O)N1CCN(C(=O)Cc2ccc3c(c2)n(C)c(=O)n3C)CC1. The van der Waals surface area contributed by atoms with Crippen LogP contribution in [0.4, 0.5) is 0 Å². The molecule has 146 valence electrons. The first-order chi connectivity index (χ1) is 12.8. The Labute approximate surface area is 159 Å². The van der Waals surface area contributed by atoms with Crippen LogP contribution >= 0.6 is 0 Å². The number of amides is 2. The van der Waals surface area contributed by atoms with Gasteiger partial charge in [0.05, 0.1) is 17.5 Å². The number of piperazine rings is 1. The number of nitrogens with zero attached hydrogens (tertiary/aromatic N) is 4. The fourth-order valence-electron chi connectivity index (χ4n) is 3.63. The van der Waals surface area contributed by atoms with Crippen LogP contribution in [0.5, 0.6) is 0 Å². The van der Waals surface area contributed by atoms with Crippen LogP contribution in [0.3, 0.4) is 0 Å². The Hall–Kier alpha value is -2.57. The molecule has 1 saturated heterocycles. The summed E-state index contributed by atoms with van der Waals surface area (Å²) in [5.74, 6) is 0.583. The van der Waals surface area contributed by atoms with Gasteiger partial charge < -0.3 is 9.80 Å². The molecule has 0 bridgehead atoms. The molecule has 1 aliphatic heterocycles. The fourth-order valence-corrected chi connectivity index (χ4v) is 3.63. The lowest BCUT2D eigenvalue weighted by atomic mass is 10.1. The van der Waals surface area contributed by atoms with Crippen LogP contribution in [0.25, 0.3) is 11.0 Å². The highest BCUT2D eigenvalue weighted by molar-refractivity contribution is 5.82. The molecule has 0 unspecified atom stereocenters. The van der Waals surface area contributed by atoms with E-state index in [4.69, 9.17) is 0 Å². The fraction of sp³-hybridized carbons (Fsp3) is 0.550. The van der Waals surface area contributed by atoms with Crippen molar-refractivity contribution in [1.82, 2.24) is 18.9 Å². The number of hydrogen-bond acceptors (Lipinski definition) is 3. The Morgan fingerprint density at radius 3 is 2.07 bits per heavy atom. The summed E-state index contributed by atoms with van der Waals surface area (Å²) in [6.07, 6.45) is 0.864. The maximum absolute atomic E-state index is 12.7. The number of aryl methyl sites for hydroxylation is 2. The third-order valence-electron chi connectivity index (χ3n) is 5.26. The van der Waals surface area contributed by atoms with E-state index in [1.807, 2.05) is 41.8 Å². The van der Waals surface area contributed by atoms with Gasteiger partial charge in [-0.25, -0.2) is 4.79 Å². The molecular weight excluding hydrogens is 344 g/mol. The Balaban J connectivity index is 1.63. The number of fused-ring (bicyclic) bond motifs is 1. The van der Waals surface area contributed by atoms with E-state index in [0.717, 1.165) is 16.6 Å². The zero-order chi connectivity index (χ0) is 19.7. The molecule has 0 spiro atoms. The van der Waals surface area contributed by atoms with Crippen molar-refractivity contribution < 1.29 is 9.59 Å². The monoisotopic (exact) mass is 372 g/mol. The second kappa shape index (κ2) is 7.58.